The van der Waals surface area contributed by atoms with E-state index in [1.807, 2.05) is 30.5 Å². The number of ether oxygens (including phenoxy) is 1. The van der Waals surface area contributed by atoms with Crippen LogP contribution >= 0.6 is 12.2 Å². The number of thiocarbonyl (C=S) groups is 1. The van der Waals surface area contributed by atoms with Gasteiger partial charge in [0.2, 0.25) is 0 Å². The molecule has 190 valence electrons. The number of pyridine rings is 1. The Morgan fingerprint density at radius 3 is 2.27 bits per heavy atom. The van der Waals surface area contributed by atoms with Gasteiger partial charge >= 0.3 is 0 Å². The van der Waals surface area contributed by atoms with Crippen molar-refractivity contribution < 1.29 is 4.74 Å². The van der Waals surface area contributed by atoms with Crippen LogP contribution in [-0.2, 0) is 6.54 Å². The van der Waals surface area contributed by atoms with Crippen LogP contribution in [-0.4, -0.2) is 26.7 Å². The Kier molecular flexibility index (Phi) is 6.78. The second-order valence-electron chi connectivity index (χ2n) is 10.0. The molecule has 0 aliphatic carbocycles. The average Bonchev–Trinajstić information content (AvgIpc) is 3.35. The number of aryl methyl sites for hydroxylation is 4. The smallest absolute Gasteiger partial charge is 0.170 e. The summed E-state index contributed by atoms with van der Waals surface area (Å²) >= 11 is 5.93. The van der Waals surface area contributed by atoms with Crippen LogP contribution in [0.25, 0.3) is 5.69 Å². The molecule has 1 N–H and O–H groups in total. The van der Waals surface area contributed by atoms with Crippen LogP contribution in [0.3, 0.4) is 0 Å². The summed E-state index contributed by atoms with van der Waals surface area (Å²) in [6.45, 7) is 11.7. The number of hydrogen-bond donors (Lipinski definition) is 1. The first-order valence-electron chi connectivity index (χ1n) is 12.7. The van der Waals surface area contributed by atoms with Crippen molar-refractivity contribution in [2.75, 3.05) is 7.11 Å². The SMILES string of the molecule is COc1ccc(CN2C(=S)N[C@@H](c3ccccn3)[C@@H]2c2cc(C)n(-c3c(C)cc(C)cc3C)c2C)cc1. The lowest BCUT2D eigenvalue weighted by molar-refractivity contribution is 0.310. The van der Waals surface area contributed by atoms with E-state index in [1.165, 1.54) is 44.9 Å². The molecular formula is C31H34N4OS. The second kappa shape index (κ2) is 10.0. The van der Waals surface area contributed by atoms with Crippen LogP contribution in [0.4, 0.5) is 0 Å². The molecule has 2 atom stereocenters. The lowest BCUT2D eigenvalue weighted by Crippen LogP contribution is -2.29. The van der Waals surface area contributed by atoms with Crippen molar-refractivity contribution in [3.63, 3.8) is 0 Å². The first-order valence-corrected chi connectivity index (χ1v) is 13.1. The molecule has 0 saturated carbocycles. The van der Waals surface area contributed by atoms with E-state index in [0.29, 0.717) is 6.54 Å². The molecule has 5 rings (SSSR count). The van der Waals surface area contributed by atoms with Crippen molar-refractivity contribution in [2.24, 2.45) is 0 Å². The first-order chi connectivity index (χ1) is 17.8. The van der Waals surface area contributed by atoms with Crippen molar-refractivity contribution in [3.05, 3.63) is 112 Å². The van der Waals surface area contributed by atoms with E-state index < -0.39 is 0 Å². The molecule has 1 aliphatic heterocycles. The van der Waals surface area contributed by atoms with E-state index in [4.69, 9.17) is 21.9 Å². The Balaban J connectivity index is 1.63. The molecule has 1 fully saturated rings. The van der Waals surface area contributed by atoms with Crippen LogP contribution in [0.1, 0.15) is 57.0 Å². The van der Waals surface area contributed by atoms with Gasteiger partial charge in [0.25, 0.3) is 0 Å². The van der Waals surface area contributed by atoms with Gasteiger partial charge in [-0.05, 0) is 99.4 Å². The standard InChI is InChI=1S/C31H34N4OS/c1-19-15-20(2)29(21(3)16-19)35-22(4)17-26(23(35)5)30-28(27-9-7-8-14-32-27)33-31(37)34(30)18-24-10-12-25(36-6)13-11-24/h7-17,28,30H,18H2,1-6H3,(H,33,37)/t28-,30-/m0/s1. The Bertz CT molecular complexity index is 1420. The third-order valence-electron chi connectivity index (χ3n) is 7.36. The van der Waals surface area contributed by atoms with Gasteiger partial charge in [-0.3, -0.25) is 4.98 Å². The van der Waals surface area contributed by atoms with Gasteiger partial charge in [0.15, 0.2) is 5.11 Å². The van der Waals surface area contributed by atoms with E-state index in [-0.39, 0.29) is 12.1 Å². The third-order valence-corrected chi connectivity index (χ3v) is 7.71. The van der Waals surface area contributed by atoms with Crippen molar-refractivity contribution >= 4 is 17.3 Å². The van der Waals surface area contributed by atoms with Crippen LogP contribution in [0, 0.1) is 34.6 Å². The molecule has 0 bridgehead atoms. The number of aromatic nitrogens is 2. The first kappa shape index (κ1) is 25.0. The zero-order valence-corrected chi connectivity index (χ0v) is 23.2. The normalized spacial score (nSPS) is 17.2. The van der Waals surface area contributed by atoms with Gasteiger partial charge in [0.05, 0.1) is 30.6 Å². The van der Waals surface area contributed by atoms with Gasteiger partial charge in [-0.25, -0.2) is 0 Å². The molecule has 0 amide bonds. The minimum Gasteiger partial charge on any atom is -0.497 e. The average molecular weight is 511 g/mol. The van der Waals surface area contributed by atoms with Crippen LogP contribution < -0.4 is 10.1 Å². The number of nitrogens with zero attached hydrogens (tertiary/aromatic N) is 3. The minimum atomic E-state index is -0.0545. The molecule has 6 heteroatoms. The molecular weight excluding hydrogens is 476 g/mol. The highest BCUT2D eigenvalue weighted by Gasteiger charge is 2.41. The minimum absolute atomic E-state index is 0.00416. The number of rotatable bonds is 6. The fourth-order valence-electron chi connectivity index (χ4n) is 5.80. The fourth-order valence-corrected chi connectivity index (χ4v) is 6.10. The molecule has 37 heavy (non-hydrogen) atoms. The number of methoxy groups -OCH3 is 1. The molecule has 5 nitrogen and oxygen atoms in total. The van der Waals surface area contributed by atoms with E-state index >= 15 is 0 Å². The summed E-state index contributed by atoms with van der Waals surface area (Å²) in [6, 6.07) is 21.1. The maximum absolute atomic E-state index is 5.93. The van der Waals surface area contributed by atoms with Crippen LogP contribution in [0.5, 0.6) is 5.75 Å². The summed E-state index contributed by atoms with van der Waals surface area (Å²) in [5.41, 5.74) is 11.0. The predicted molar refractivity (Wildman–Crippen MR) is 153 cm³/mol. The largest absolute Gasteiger partial charge is 0.497 e. The molecule has 4 aromatic rings. The maximum Gasteiger partial charge on any atom is 0.170 e. The molecule has 2 aromatic carbocycles. The number of hydrogen-bond acceptors (Lipinski definition) is 3. The highest BCUT2D eigenvalue weighted by molar-refractivity contribution is 7.80. The van der Waals surface area contributed by atoms with Crippen molar-refractivity contribution in [2.45, 2.75) is 53.2 Å². The van der Waals surface area contributed by atoms with E-state index in [1.54, 1.807) is 7.11 Å². The van der Waals surface area contributed by atoms with Crippen molar-refractivity contribution in [1.82, 2.24) is 19.8 Å². The third kappa shape index (κ3) is 4.62. The monoisotopic (exact) mass is 510 g/mol. The topological polar surface area (TPSA) is 42.3 Å². The highest BCUT2D eigenvalue weighted by Crippen LogP contribution is 2.42. The fraction of sp³-hybridized carbons (Fsp3) is 0.290. The van der Waals surface area contributed by atoms with Crippen molar-refractivity contribution in [1.29, 1.82) is 0 Å². The van der Waals surface area contributed by atoms with Gasteiger partial charge in [-0.1, -0.05) is 35.9 Å². The molecule has 2 aromatic heterocycles. The van der Waals surface area contributed by atoms with Gasteiger partial charge in [-0.15, -0.1) is 0 Å². The van der Waals surface area contributed by atoms with Gasteiger partial charge in [0.1, 0.15) is 5.75 Å². The van der Waals surface area contributed by atoms with Crippen LogP contribution in [0.2, 0.25) is 0 Å². The highest BCUT2D eigenvalue weighted by atomic mass is 32.1. The van der Waals surface area contributed by atoms with E-state index in [2.05, 4.69) is 85.8 Å². The Hall–Kier alpha value is -3.64. The summed E-state index contributed by atoms with van der Waals surface area (Å²) in [6.07, 6.45) is 1.85. The Labute approximate surface area is 225 Å². The van der Waals surface area contributed by atoms with Gasteiger partial charge < -0.3 is 19.5 Å². The molecule has 0 unspecified atom stereocenters. The van der Waals surface area contributed by atoms with E-state index in [9.17, 15) is 0 Å². The number of benzene rings is 2. The quantitative estimate of drug-likeness (QED) is 0.296. The Morgan fingerprint density at radius 1 is 0.946 bits per heavy atom. The summed E-state index contributed by atoms with van der Waals surface area (Å²) in [7, 11) is 1.69. The molecule has 1 aliphatic rings. The zero-order valence-electron chi connectivity index (χ0n) is 22.4. The summed E-state index contributed by atoms with van der Waals surface area (Å²) in [4.78, 5) is 7.02. The molecule has 0 spiro atoms. The second-order valence-corrected chi connectivity index (χ2v) is 10.4. The van der Waals surface area contributed by atoms with Gasteiger partial charge in [-0.2, -0.15) is 0 Å². The lowest BCUT2D eigenvalue weighted by atomic mass is 9.96. The Morgan fingerprint density at radius 2 is 1.65 bits per heavy atom. The molecule has 0 radical (unpaired) electrons. The van der Waals surface area contributed by atoms with Gasteiger partial charge in [0, 0.05) is 24.1 Å². The summed E-state index contributed by atoms with van der Waals surface area (Å²) in [5, 5.41) is 4.34. The lowest BCUT2D eigenvalue weighted by Gasteiger charge is -2.28. The maximum atomic E-state index is 5.93. The summed E-state index contributed by atoms with van der Waals surface area (Å²) < 4.78 is 7.77. The number of nitrogens with one attached hydrogen (secondary N) is 1. The van der Waals surface area contributed by atoms with E-state index in [0.717, 1.165) is 16.6 Å². The predicted octanol–water partition coefficient (Wildman–Crippen LogP) is 6.60. The van der Waals surface area contributed by atoms with Crippen molar-refractivity contribution in [3.8, 4) is 11.4 Å². The molecule has 1 saturated heterocycles. The molecule has 3 heterocycles. The van der Waals surface area contributed by atoms with Crippen LogP contribution in [0.15, 0.2) is 66.9 Å². The summed E-state index contributed by atoms with van der Waals surface area (Å²) in [5.74, 6) is 0.848. The zero-order chi connectivity index (χ0) is 26.3.